The highest BCUT2D eigenvalue weighted by Gasteiger charge is 2.20. The molecule has 0 aliphatic carbocycles. The number of benzene rings is 1. The first-order chi connectivity index (χ1) is 13.0. The number of anilines is 2. The van der Waals surface area contributed by atoms with Crippen LogP contribution in [-0.2, 0) is 14.3 Å². The molecular formula is C18H18FN5O3. The van der Waals surface area contributed by atoms with Crippen LogP contribution in [0, 0.1) is 17.1 Å². The van der Waals surface area contributed by atoms with Gasteiger partial charge in [-0.25, -0.2) is 14.4 Å². The van der Waals surface area contributed by atoms with Gasteiger partial charge in [0.25, 0.3) is 5.91 Å². The molecule has 0 saturated heterocycles. The summed E-state index contributed by atoms with van der Waals surface area (Å²) in [6.45, 7) is -0.733. The van der Waals surface area contributed by atoms with Gasteiger partial charge in [0.1, 0.15) is 12.4 Å². The maximum absolute atomic E-state index is 14.0. The first-order valence-corrected chi connectivity index (χ1v) is 8.08. The zero-order valence-electron chi connectivity index (χ0n) is 14.7. The van der Waals surface area contributed by atoms with E-state index in [1.165, 1.54) is 35.5 Å². The minimum atomic E-state index is -0.660. The Labute approximate surface area is 155 Å². The molecule has 0 spiro atoms. The molecule has 140 valence electrons. The third kappa shape index (κ3) is 5.74. The lowest BCUT2D eigenvalue weighted by atomic mass is 10.2. The third-order valence-corrected chi connectivity index (χ3v) is 3.51. The summed E-state index contributed by atoms with van der Waals surface area (Å²) in [6, 6.07) is 9.26. The number of rotatable bonds is 8. The molecule has 0 N–H and O–H groups in total. The molecule has 9 heteroatoms. The second kappa shape index (κ2) is 9.82. The van der Waals surface area contributed by atoms with Gasteiger partial charge in [0.05, 0.1) is 18.2 Å². The third-order valence-electron chi connectivity index (χ3n) is 3.51. The fourth-order valence-electron chi connectivity index (χ4n) is 2.23. The van der Waals surface area contributed by atoms with Crippen LogP contribution in [0.5, 0.6) is 0 Å². The molecule has 0 saturated carbocycles. The van der Waals surface area contributed by atoms with Crippen LogP contribution in [0.15, 0.2) is 42.7 Å². The van der Waals surface area contributed by atoms with E-state index in [1.807, 2.05) is 6.07 Å². The van der Waals surface area contributed by atoms with Gasteiger partial charge in [0.15, 0.2) is 6.61 Å². The summed E-state index contributed by atoms with van der Waals surface area (Å²) in [7, 11) is 1.61. The van der Waals surface area contributed by atoms with E-state index < -0.39 is 24.3 Å². The number of amides is 1. The molecule has 2 aromatic rings. The topological polar surface area (TPSA) is 99.4 Å². The van der Waals surface area contributed by atoms with Crippen LogP contribution in [0.3, 0.4) is 0 Å². The molecule has 0 atom stereocenters. The lowest BCUT2D eigenvalue weighted by Gasteiger charge is -2.22. The molecule has 1 heterocycles. The summed E-state index contributed by atoms with van der Waals surface area (Å²) in [6.07, 6.45) is 3.09. The summed E-state index contributed by atoms with van der Waals surface area (Å²) in [5.74, 6) is -1.55. The molecule has 1 aromatic carbocycles. The predicted molar refractivity (Wildman–Crippen MR) is 95.2 cm³/mol. The zero-order chi connectivity index (χ0) is 19.6. The van der Waals surface area contributed by atoms with E-state index in [0.29, 0.717) is 5.95 Å². The Morgan fingerprint density at radius 1 is 1.22 bits per heavy atom. The van der Waals surface area contributed by atoms with E-state index in [2.05, 4.69) is 9.97 Å². The Balaban J connectivity index is 1.96. The van der Waals surface area contributed by atoms with Crippen LogP contribution < -0.4 is 9.80 Å². The summed E-state index contributed by atoms with van der Waals surface area (Å²) < 4.78 is 19.0. The van der Waals surface area contributed by atoms with Crippen molar-refractivity contribution in [1.29, 1.82) is 5.26 Å². The number of carbonyl (C=O) groups is 2. The molecule has 8 nitrogen and oxygen atoms in total. The van der Waals surface area contributed by atoms with E-state index in [0.717, 1.165) is 4.90 Å². The van der Waals surface area contributed by atoms with Crippen molar-refractivity contribution in [3.05, 3.63) is 48.5 Å². The number of esters is 1. The smallest absolute Gasteiger partial charge is 0.326 e. The molecule has 1 amide bonds. The second-order valence-corrected chi connectivity index (χ2v) is 5.47. The number of para-hydroxylation sites is 1. The van der Waals surface area contributed by atoms with Gasteiger partial charge in [0.2, 0.25) is 5.95 Å². The van der Waals surface area contributed by atoms with Crippen LogP contribution in [0.25, 0.3) is 0 Å². The molecule has 2 rings (SSSR count). The lowest BCUT2D eigenvalue weighted by molar-refractivity contribution is -0.146. The van der Waals surface area contributed by atoms with Crippen LogP contribution in [0.4, 0.5) is 16.0 Å². The number of hydrogen-bond donors (Lipinski definition) is 0. The fourth-order valence-corrected chi connectivity index (χ4v) is 2.23. The maximum atomic E-state index is 14.0. The second-order valence-electron chi connectivity index (χ2n) is 5.47. The average Bonchev–Trinajstić information content (AvgIpc) is 2.68. The van der Waals surface area contributed by atoms with Crippen LogP contribution >= 0.6 is 0 Å². The Morgan fingerprint density at radius 2 is 1.93 bits per heavy atom. The zero-order valence-corrected chi connectivity index (χ0v) is 14.7. The number of hydrogen-bond acceptors (Lipinski definition) is 7. The highest BCUT2D eigenvalue weighted by atomic mass is 19.1. The lowest BCUT2D eigenvalue weighted by Crippen LogP contribution is -2.37. The number of nitrogens with zero attached hydrogens (tertiary/aromatic N) is 5. The van der Waals surface area contributed by atoms with Gasteiger partial charge in [0, 0.05) is 26.0 Å². The first kappa shape index (κ1) is 19.8. The van der Waals surface area contributed by atoms with Gasteiger partial charge >= 0.3 is 5.97 Å². The molecule has 0 aliphatic heterocycles. The Hall–Kier alpha value is -3.54. The summed E-state index contributed by atoms with van der Waals surface area (Å²) >= 11 is 0. The monoisotopic (exact) mass is 371 g/mol. The normalized spacial score (nSPS) is 9.96. The number of nitriles is 1. The van der Waals surface area contributed by atoms with E-state index in [4.69, 9.17) is 10.00 Å². The van der Waals surface area contributed by atoms with Crippen molar-refractivity contribution in [3.63, 3.8) is 0 Å². The molecule has 0 aliphatic rings. The number of carbonyl (C=O) groups excluding carboxylic acids is 2. The highest BCUT2D eigenvalue weighted by molar-refractivity contribution is 5.95. The molecule has 0 unspecified atom stereocenters. The minimum absolute atomic E-state index is 0.00836. The molecular weight excluding hydrogens is 353 g/mol. The Morgan fingerprint density at radius 3 is 2.59 bits per heavy atom. The summed E-state index contributed by atoms with van der Waals surface area (Å²) in [5, 5.41) is 8.75. The van der Waals surface area contributed by atoms with Crippen molar-refractivity contribution in [2.75, 3.05) is 36.5 Å². The van der Waals surface area contributed by atoms with Crippen molar-refractivity contribution in [3.8, 4) is 6.07 Å². The van der Waals surface area contributed by atoms with E-state index in [1.54, 1.807) is 19.2 Å². The molecule has 1 aromatic heterocycles. The van der Waals surface area contributed by atoms with E-state index >= 15 is 0 Å². The minimum Gasteiger partial charge on any atom is -0.454 e. The quantitative estimate of drug-likeness (QED) is 0.649. The van der Waals surface area contributed by atoms with Crippen molar-refractivity contribution in [2.24, 2.45) is 0 Å². The van der Waals surface area contributed by atoms with Crippen LogP contribution in [0.2, 0.25) is 0 Å². The standard InChI is InChI=1S/C18H18FN5O3/c1-23(18-21-9-5-10-22-18)12-17(26)27-13-16(25)24(11-4-8-20)15-7-3-2-6-14(15)19/h2-3,5-7,9-10H,4,11-13H2,1H3. The number of halogens is 1. The summed E-state index contributed by atoms with van der Waals surface area (Å²) in [4.78, 5) is 34.9. The predicted octanol–water partition coefficient (Wildman–Crippen LogP) is 1.54. The Bertz CT molecular complexity index is 825. The molecule has 0 fully saturated rings. The van der Waals surface area contributed by atoms with E-state index in [-0.39, 0.29) is 25.2 Å². The maximum Gasteiger partial charge on any atom is 0.326 e. The van der Waals surface area contributed by atoms with Gasteiger partial charge in [-0.2, -0.15) is 5.26 Å². The van der Waals surface area contributed by atoms with Crippen molar-refractivity contribution in [1.82, 2.24) is 9.97 Å². The van der Waals surface area contributed by atoms with E-state index in [9.17, 15) is 14.0 Å². The van der Waals surface area contributed by atoms with Gasteiger partial charge in [-0.1, -0.05) is 12.1 Å². The van der Waals surface area contributed by atoms with Crippen LogP contribution in [-0.4, -0.2) is 48.6 Å². The summed E-state index contributed by atoms with van der Waals surface area (Å²) in [5.41, 5.74) is 0.0311. The average molecular weight is 371 g/mol. The number of ether oxygens (including phenoxy) is 1. The van der Waals surface area contributed by atoms with Crippen molar-refractivity contribution >= 4 is 23.5 Å². The van der Waals surface area contributed by atoms with Crippen LogP contribution in [0.1, 0.15) is 6.42 Å². The fraction of sp³-hybridized carbons (Fsp3) is 0.278. The van der Waals surface area contributed by atoms with Gasteiger partial charge in [-0.15, -0.1) is 0 Å². The molecule has 0 radical (unpaired) electrons. The van der Waals surface area contributed by atoms with Crippen molar-refractivity contribution in [2.45, 2.75) is 6.42 Å². The molecule has 27 heavy (non-hydrogen) atoms. The van der Waals surface area contributed by atoms with Gasteiger partial charge in [-0.3, -0.25) is 9.59 Å². The Kier molecular flexibility index (Phi) is 7.19. The first-order valence-electron chi connectivity index (χ1n) is 8.08. The largest absolute Gasteiger partial charge is 0.454 e. The number of aromatic nitrogens is 2. The molecule has 0 bridgehead atoms. The van der Waals surface area contributed by atoms with Gasteiger partial charge < -0.3 is 14.5 Å². The highest BCUT2D eigenvalue weighted by Crippen LogP contribution is 2.19. The van der Waals surface area contributed by atoms with Crippen molar-refractivity contribution < 1.29 is 18.7 Å². The van der Waals surface area contributed by atoms with Gasteiger partial charge in [-0.05, 0) is 18.2 Å². The number of likely N-dealkylation sites (N-methyl/N-ethyl adjacent to an activating group) is 1. The SMILES string of the molecule is CN(CC(=O)OCC(=O)N(CCC#N)c1ccccc1F)c1ncccn1.